The summed E-state index contributed by atoms with van der Waals surface area (Å²) in [6, 6.07) is 10.8. The van der Waals surface area contributed by atoms with Crippen LogP contribution in [-0.4, -0.2) is 5.54 Å². The Morgan fingerprint density at radius 3 is 1.84 bits per heavy atom. The summed E-state index contributed by atoms with van der Waals surface area (Å²) in [6.45, 7) is 13.6. The molecule has 2 N–H and O–H groups in total. The van der Waals surface area contributed by atoms with Crippen molar-refractivity contribution in [1.29, 1.82) is 0 Å². The van der Waals surface area contributed by atoms with Crippen LogP contribution in [0.5, 0.6) is 0 Å². The lowest BCUT2D eigenvalue weighted by atomic mass is 9.57. The largest absolute Gasteiger partial charge is 0.324 e. The molecule has 108 valence electrons. The third-order valence-electron chi connectivity index (χ3n) is 5.51. The van der Waals surface area contributed by atoms with Crippen molar-refractivity contribution >= 4 is 0 Å². The Bertz CT molecular complexity index is 374. The van der Waals surface area contributed by atoms with Crippen molar-refractivity contribution in [1.82, 2.24) is 0 Å². The summed E-state index contributed by atoms with van der Waals surface area (Å²) in [4.78, 5) is 0. The van der Waals surface area contributed by atoms with Gasteiger partial charge < -0.3 is 5.73 Å². The molecule has 0 amide bonds. The van der Waals surface area contributed by atoms with E-state index >= 15 is 0 Å². The number of nitrogens with two attached hydrogens (primary N) is 1. The Morgan fingerprint density at radius 1 is 1.00 bits per heavy atom. The van der Waals surface area contributed by atoms with Crippen molar-refractivity contribution in [3.05, 3.63) is 35.9 Å². The molecule has 0 saturated carbocycles. The highest BCUT2D eigenvalue weighted by Crippen LogP contribution is 2.45. The molecule has 1 nitrogen and oxygen atoms in total. The Morgan fingerprint density at radius 2 is 1.47 bits per heavy atom. The summed E-state index contributed by atoms with van der Waals surface area (Å²) in [5, 5.41) is 0. The molecule has 2 unspecified atom stereocenters. The summed E-state index contributed by atoms with van der Waals surface area (Å²) in [5.41, 5.74) is 8.13. The zero-order valence-corrected chi connectivity index (χ0v) is 13.5. The van der Waals surface area contributed by atoms with E-state index in [0.29, 0.717) is 11.8 Å². The summed E-state index contributed by atoms with van der Waals surface area (Å²) in [6.07, 6.45) is 2.16. The molecule has 0 heterocycles. The summed E-state index contributed by atoms with van der Waals surface area (Å²) in [5.74, 6) is 1.07. The van der Waals surface area contributed by atoms with Crippen LogP contribution in [0.1, 0.15) is 59.9 Å². The second kappa shape index (κ2) is 6.09. The van der Waals surface area contributed by atoms with Gasteiger partial charge in [-0.15, -0.1) is 0 Å². The molecule has 1 aromatic carbocycles. The van der Waals surface area contributed by atoms with Crippen molar-refractivity contribution < 1.29 is 0 Å². The molecule has 1 heteroatoms. The van der Waals surface area contributed by atoms with Gasteiger partial charge in [-0.3, -0.25) is 0 Å². The smallest absolute Gasteiger partial charge is 0.0251 e. The lowest BCUT2D eigenvalue weighted by molar-refractivity contribution is 0.119. The minimum absolute atomic E-state index is 0.0535. The highest BCUT2D eigenvalue weighted by atomic mass is 14.8. The van der Waals surface area contributed by atoms with Gasteiger partial charge in [0.25, 0.3) is 0 Å². The highest BCUT2D eigenvalue weighted by molar-refractivity contribution is 5.31. The topological polar surface area (TPSA) is 26.0 Å². The average Bonchev–Trinajstić information content (AvgIpc) is 2.40. The number of hydrogen-bond donors (Lipinski definition) is 1. The molecular weight excluding hydrogens is 230 g/mol. The average molecular weight is 261 g/mol. The molecule has 0 radical (unpaired) electrons. The van der Waals surface area contributed by atoms with Gasteiger partial charge in [0.15, 0.2) is 0 Å². The molecule has 0 fully saturated rings. The molecule has 0 spiro atoms. The van der Waals surface area contributed by atoms with Crippen molar-refractivity contribution in [2.24, 2.45) is 17.6 Å². The standard InChI is InChI=1S/C18H31N/c1-7-18(8-2,16-12-10-9-11-13-16)17(6,19)15(5)14(3)4/h9-15H,7-8,19H2,1-6H3. The van der Waals surface area contributed by atoms with Crippen molar-refractivity contribution in [2.75, 3.05) is 0 Å². The summed E-state index contributed by atoms with van der Waals surface area (Å²) < 4.78 is 0. The van der Waals surface area contributed by atoms with Crippen LogP contribution >= 0.6 is 0 Å². The third-order valence-corrected chi connectivity index (χ3v) is 5.51. The van der Waals surface area contributed by atoms with E-state index in [1.54, 1.807) is 0 Å². The minimum Gasteiger partial charge on any atom is -0.324 e. The van der Waals surface area contributed by atoms with E-state index in [1.165, 1.54) is 5.56 Å². The van der Waals surface area contributed by atoms with Gasteiger partial charge in [0.2, 0.25) is 0 Å². The van der Waals surface area contributed by atoms with Crippen molar-refractivity contribution in [2.45, 2.75) is 65.3 Å². The van der Waals surface area contributed by atoms with E-state index in [1.807, 2.05) is 0 Å². The molecule has 0 bridgehead atoms. The third kappa shape index (κ3) is 2.72. The number of hydrogen-bond acceptors (Lipinski definition) is 1. The Labute approximate surface area is 119 Å². The van der Waals surface area contributed by atoms with E-state index in [9.17, 15) is 0 Å². The first-order valence-electron chi connectivity index (χ1n) is 7.67. The lowest BCUT2D eigenvalue weighted by Gasteiger charge is -2.51. The van der Waals surface area contributed by atoms with Crippen LogP contribution in [0.2, 0.25) is 0 Å². The molecule has 0 aliphatic rings. The maximum atomic E-state index is 6.89. The van der Waals surface area contributed by atoms with E-state index in [-0.39, 0.29) is 11.0 Å². The molecule has 1 rings (SSSR count). The fourth-order valence-corrected chi connectivity index (χ4v) is 3.62. The summed E-state index contributed by atoms with van der Waals surface area (Å²) in [7, 11) is 0. The van der Waals surface area contributed by atoms with Crippen LogP contribution in [0, 0.1) is 11.8 Å². The van der Waals surface area contributed by atoms with Crippen LogP contribution in [0.4, 0.5) is 0 Å². The Balaban J connectivity index is 3.34. The van der Waals surface area contributed by atoms with Gasteiger partial charge in [0.1, 0.15) is 0 Å². The first kappa shape index (κ1) is 16.2. The van der Waals surface area contributed by atoms with E-state index in [4.69, 9.17) is 5.73 Å². The maximum absolute atomic E-state index is 6.89. The predicted octanol–water partition coefficient (Wildman–Crippen LogP) is 4.75. The highest BCUT2D eigenvalue weighted by Gasteiger charge is 2.47. The number of rotatable bonds is 6. The van der Waals surface area contributed by atoms with Crippen molar-refractivity contribution in [3.8, 4) is 0 Å². The monoisotopic (exact) mass is 261 g/mol. The Hall–Kier alpha value is -0.820. The fraction of sp³-hybridized carbons (Fsp3) is 0.667. The number of benzene rings is 1. The first-order chi connectivity index (χ1) is 8.83. The minimum atomic E-state index is -0.202. The normalized spacial score (nSPS) is 17.3. The quantitative estimate of drug-likeness (QED) is 0.785. The SMILES string of the molecule is CCC(CC)(c1ccccc1)C(C)(N)C(C)C(C)C. The molecule has 1 aromatic rings. The van der Waals surface area contributed by atoms with Crippen LogP contribution in [0.3, 0.4) is 0 Å². The van der Waals surface area contributed by atoms with Crippen LogP contribution in [0.15, 0.2) is 30.3 Å². The molecule has 2 atom stereocenters. The van der Waals surface area contributed by atoms with Gasteiger partial charge in [-0.2, -0.15) is 0 Å². The molecule has 19 heavy (non-hydrogen) atoms. The molecule has 0 aliphatic carbocycles. The lowest BCUT2D eigenvalue weighted by Crippen LogP contribution is -2.60. The van der Waals surface area contributed by atoms with E-state index in [0.717, 1.165) is 12.8 Å². The van der Waals surface area contributed by atoms with E-state index in [2.05, 4.69) is 71.9 Å². The van der Waals surface area contributed by atoms with Gasteiger partial charge in [-0.05, 0) is 37.2 Å². The van der Waals surface area contributed by atoms with Gasteiger partial charge >= 0.3 is 0 Å². The maximum Gasteiger partial charge on any atom is 0.0251 e. The van der Waals surface area contributed by atoms with Crippen molar-refractivity contribution in [3.63, 3.8) is 0 Å². The van der Waals surface area contributed by atoms with Gasteiger partial charge in [0, 0.05) is 11.0 Å². The second-order valence-corrected chi connectivity index (χ2v) is 6.47. The first-order valence-corrected chi connectivity index (χ1v) is 7.67. The second-order valence-electron chi connectivity index (χ2n) is 6.47. The van der Waals surface area contributed by atoms with E-state index < -0.39 is 0 Å². The van der Waals surface area contributed by atoms with Crippen LogP contribution in [-0.2, 0) is 5.41 Å². The fourth-order valence-electron chi connectivity index (χ4n) is 3.62. The van der Waals surface area contributed by atoms with Gasteiger partial charge in [0.05, 0.1) is 0 Å². The van der Waals surface area contributed by atoms with Crippen LogP contribution < -0.4 is 5.73 Å². The molecule has 0 saturated heterocycles. The predicted molar refractivity (Wildman–Crippen MR) is 85.3 cm³/mol. The van der Waals surface area contributed by atoms with Gasteiger partial charge in [-0.25, -0.2) is 0 Å². The zero-order valence-electron chi connectivity index (χ0n) is 13.5. The summed E-state index contributed by atoms with van der Waals surface area (Å²) >= 11 is 0. The van der Waals surface area contributed by atoms with Gasteiger partial charge in [-0.1, -0.05) is 65.0 Å². The Kier molecular flexibility index (Phi) is 5.20. The molecule has 0 aromatic heterocycles. The molecule has 0 aliphatic heterocycles. The van der Waals surface area contributed by atoms with Crippen LogP contribution in [0.25, 0.3) is 0 Å². The molecular formula is C18H31N. The zero-order chi connectivity index (χ0) is 14.7.